The minimum absolute atomic E-state index is 0.293. The largest absolute Gasteiger partial charge is 0.112 e. The van der Waals surface area contributed by atoms with Gasteiger partial charge in [-0.05, 0) is 12.2 Å². The molecule has 0 aromatic heterocycles. The highest BCUT2D eigenvalue weighted by Crippen LogP contribution is 1.95. The second-order valence-corrected chi connectivity index (χ2v) is 6.40. The van der Waals surface area contributed by atoms with Crippen molar-refractivity contribution in [3.8, 4) is 0 Å². The topological polar surface area (TPSA) is 0 Å². The molecule has 0 radical (unpaired) electrons. The number of hydrogen-bond acceptors (Lipinski definition) is 1. The summed E-state index contributed by atoms with van der Waals surface area (Å²) in [7, 11) is 0.293. The molecular weight excluding hydrogens is 251 g/mol. The molecule has 0 heterocycles. The molecular formula is C5H11IS2. The molecule has 0 amide bonds. The van der Waals surface area contributed by atoms with Crippen LogP contribution in [0, 0.1) is 0 Å². The molecule has 0 aromatic carbocycles. The van der Waals surface area contributed by atoms with Crippen molar-refractivity contribution in [3.05, 3.63) is 0 Å². The van der Waals surface area contributed by atoms with Gasteiger partial charge in [-0.15, -0.1) is 9.45 Å². The molecule has 0 aromatic rings. The van der Waals surface area contributed by atoms with Crippen LogP contribution in [0.5, 0.6) is 0 Å². The third-order valence-corrected chi connectivity index (χ3v) is 6.21. The summed E-state index contributed by atoms with van der Waals surface area (Å²) in [6, 6.07) is 0. The maximum absolute atomic E-state index is 5.12. The second kappa shape index (κ2) is 6.42. The molecule has 0 aliphatic rings. The van der Waals surface area contributed by atoms with Crippen LogP contribution in [0.15, 0.2) is 0 Å². The van der Waals surface area contributed by atoms with Gasteiger partial charge >= 0.3 is 0 Å². The van der Waals surface area contributed by atoms with Crippen molar-refractivity contribution in [1.82, 2.24) is 0 Å². The highest BCUT2D eigenvalue weighted by atomic mass is 127. The first-order valence-corrected chi connectivity index (χ1v) is 6.73. The van der Waals surface area contributed by atoms with E-state index >= 15 is 0 Å². The molecule has 0 rings (SSSR count). The lowest BCUT2D eigenvalue weighted by Crippen LogP contribution is -1.94. The smallest absolute Gasteiger partial charge is 0.0500 e. The van der Waals surface area contributed by atoms with E-state index in [4.69, 9.17) is 11.2 Å². The van der Waals surface area contributed by atoms with E-state index in [9.17, 15) is 0 Å². The molecule has 50 valence electrons. The van der Waals surface area contributed by atoms with Crippen LogP contribution in [0.1, 0.15) is 19.8 Å². The van der Waals surface area contributed by atoms with E-state index in [0.717, 1.165) is 3.76 Å². The van der Waals surface area contributed by atoms with Gasteiger partial charge in [0.15, 0.2) is 0 Å². The lowest BCUT2D eigenvalue weighted by Gasteiger charge is -1.95. The first-order valence-electron chi connectivity index (χ1n) is 2.72. The zero-order valence-corrected chi connectivity index (χ0v) is 8.81. The summed E-state index contributed by atoms with van der Waals surface area (Å²) in [6.07, 6.45) is 2.60. The minimum Gasteiger partial charge on any atom is -0.112 e. The van der Waals surface area contributed by atoms with Crippen LogP contribution in [0.2, 0.25) is 0 Å². The molecule has 1 atom stereocenters. The predicted molar refractivity (Wildman–Crippen MR) is 53.4 cm³/mol. The maximum Gasteiger partial charge on any atom is 0.0500 e. The molecule has 1 unspecified atom stereocenters. The molecule has 0 spiro atoms. The minimum atomic E-state index is 0.293. The fourth-order valence-electron chi connectivity index (χ4n) is 0.360. The number of hydrogen-bond donors (Lipinski definition) is 0. The van der Waals surface area contributed by atoms with Crippen molar-refractivity contribution in [3.63, 3.8) is 0 Å². The van der Waals surface area contributed by atoms with E-state index in [1.807, 2.05) is 0 Å². The Bertz CT molecular complexity index is 72.8. The molecule has 0 saturated carbocycles. The van der Waals surface area contributed by atoms with Crippen LogP contribution in [0.25, 0.3) is 0 Å². The number of halogens is 1. The Morgan fingerprint density at radius 2 is 2.25 bits per heavy atom. The van der Waals surface area contributed by atoms with Crippen molar-refractivity contribution in [2.75, 3.05) is 9.51 Å². The van der Waals surface area contributed by atoms with Crippen molar-refractivity contribution >= 4 is 43.2 Å². The average Bonchev–Trinajstić information content (AvgIpc) is 1.83. The van der Waals surface area contributed by atoms with E-state index in [-0.39, 0.29) is 0 Å². The lowest BCUT2D eigenvalue weighted by molar-refractivity contribution is 0.896. The quantitative estimate of drug-likeness (QED) is 0.553. The SMILES string of the molecule is CCCCS(=S)CI. The summed E-state index contributed by atoms with van der Waals surface area (Å²) in [5.74, 6) is 1.26. The Balaban J connectivity index is 2.99. The Kier molecular flexibility index (Phi) is 7.46. The van der Waals surface area contributed by atoms with Crippen molar-refractivity contribution in [2.45, 2.75) is 19.8 Å². The van der Waals surface area contributed by atoms with E-state index in [0.29, 0.717) is 9.45 Å². The highest BCUT2D eigenvalue weighted by Gasteiger charge is 1.88. The van der Waals surface area contributed by atoms with Crippen LogP contribution in [0.3, 0.4) is 0 Å². The first-order chi connectivity index (χ1) is 3.81. The number of alkyl halides is 1. The Labute approximate surface area is 72.2 Å². The fraction of sp³-hybridized carbons (Fsp3) is 1.00. The molecule has 0 aliphatic carbocycles. The molecule has 3 heteroatoms. The van der Waals surface area contributed by atoms with E-state index < -0.39 is 0 Å². The standard InChI is InChI=1S/C5H11IS2/c1-2-3-4-8(7)5-6/h2-5H2,1H3. The van der Waals surface area contributed by atoms with Crippen LogP contribution in [0.4, 0.5) is 0 Å². The molecule has 0 aliphatic heterocycles. The van der Waals surface area contributed by atoms with Crippen LogP contribution >= 0.6 is 22.6 Å². The van der Waals surface area contributed by atoms with Gasteiger partial charge < -0.3 is 0 Å². The van der Waals surface area contributed by atoms with Crippen molar-refractivity contribution in [2.24, 2.45) is 0 Å². The number of unbranched alkanes of at least 4 members (excludes halogenated alkanes) is 1. The summed E-state index contributed by atoms with van der Waals surface area (Å²) in [6.45, 7) is 2.21. The van der Waals surface area contributed by atoms with E-state index in [2.05, 4.69) is 29.5 Å². The Hall–Kier alpha value is 1.30. The maximum atomic E-state index is 5.12. The summed E-state index contributed by atoms with van der Waals surface area (Å²) >= 11 is 7.49. The van der Waals surface area contributed by atoms with Crippen LogP contribution < -0.4 is 0 Å². The van der Waals surface area contributed by atoms with Gasteiger partial charge in [0.1, 0.15) is 0 Å². The third-order valence-electron chi connectivity index (χ3n) is 0.847. The zero-order chi connectivity index (χ0) is 6.41. The van der Waals surface area contributed by atoms with Gasteiger partial charge in [0.05, 0.1) is 3.76 Å². The Morgan fingerprint density at radius 3 is 2.62 bits per heavy atom. The second-order valence-electron chi connectivity index (χ2n) is 1.61. The third kappa shape index (κ3) is 5.44. The lowest BCUT2D eigenvalue weighted by atomic mass is 10.4. The monoisotopic (exact) mass is 262 g/mol. The predicted octanol–water partition coefficient (Wildman–Crippen LogP) is 2.26. The Morgan fingerprint density at radius 1 is 1.62 bits per heavy atom. The molecule has 0 bridgehead atoms. The van der Waals surface area contributed by atoms with E-state index in [1.165, 1.54) is 18.6 Å². The van der Waals surface area contributed by atoms with Gasteiger partial charge in [0.25, 0.3) is 0 Å². The van der Waals surface area contributed by atoms with Gasteiger partial charge in [-0.25, -0.2) is 0 Å². The molecule has 0 fully saturated rings. The van der Waals surface area contributed by atoms with Gasteiger partial charge in [0, 0.05) is 0 Å². The average molecular weight is 262 g/mol. The van der Waals surface area contributed by atoms with Crippen LogP contribution in [-0.4, -0.2) is 9.51 Å². The molecule has 0 N–H and O–H groups in total. The molecule has 8 heavy (non-hydrogen) atoms. The highest BCUT2D eigenvalue weighted by molar-refractivity contribution is 14.1. The van der Waals surface area contributed by atoms with Gasteiger partial charge in [-0.2, -0.15) is 0 Å². The van der Waals surface area contributed by atoms with Gasteiger partial charge in [0.2, 0.25) is 0 Å². The molecule has 0 saturated heterocycles. The normalized spacial score (nSPS) is 13.8. The summed E-state index contributed by atoms with van der Waals surface area (Å²) in [5.41, 5.74) is 0. The van der Waals surface area contributed by atoms with E-state index in [1.54, 1.807) is 0 Å². The summed E-state index contributed by atoms with van der Waals surface area (Å²) in [5, 5.41) is 0. The van der Waals surface area contributed by atoms with Crippen molar-refractivity contribution < 1.29 is 0 Å². The van der Waals surface area contributed by atoms with Crippen LogP contribution in [-0.2, 0) is 20.6 Å². The van der Waals surface area contributed by atoms with Crippen molar-refractivity contribution in [1.29, 1.82) is 0 Å². The number of rotatable bonds is 4. The first kappa shape index (κ1) is 9.30. The van der Waals surface area contributed by atoms with Gasteiger partial charge in [-0.3, -0.25) is 0 Å². The zero-order valence-electron chi connectivity index (χ0n) is 5.02. The fourth-order valence-corrected chi connectivity index (χ4v) is 2.37. The summed E-state index contributed by atoms with van der Waals surface area (Å²) in [4.78, 5) is 0. The van der Waals surface area contributed by atoms with Gasteiger partial charge in [-0.1, -0.05) is 47.1 Å². The summed E-state index contributed by atoms with van der Waals surface area (Å²) < 4.78 is 1.16. The molecule has 0 nitrogen and oxygen atoms in total.